The number of rotatable bonds is 8. The number of amides is 1. The monoisotopic (exact) mass is 449 g/mol. The van der Waals surface area contributed by atoms with Crippen molar-refractivity contribution in [2.75, 3.05) is 26.0 Å². The standard InChI is InChI=1S/C25H27N3O5/c1-32-22-12-15(13-28-24(22)26)23(30)21(29)10-11-27-25(31)33-14-20-18-8-4-2-6-16(18)17-7-3-5-9-19(17)20/h2-9,12-13,20-21,23,29-30H,10-11,14H2,1H3,(H2,26,28)(H,27,31). The van der Waals surface area contributed by atoms with Crippen molar-refractivity contribution in [2.45, 2.75) is 24.5 Å². The molecule has 0 saturated carbocycles. The lowest BCUT2D eigenvalue weighted by molar-refractivity contribution is 0.0134. The SMILES string of the molecule is COc1cc(C(O)C(O)CCNC(=O)OCC2c3ccccc3-c3ccccc32)cnc1N. The Balaban J connectivity index is 1.28. The second-order valence-corrected chi connectivity index (χ2v) is 7.91. The molecule has 0 bridgehead atoms. The van der Waals surface area contributed by atoms with Crippen molar-refractivity contribution in [3.8, 4) is 16.9 Å². The zero-order valence-electron chi connectivity index (χ0n) is 18.3. The molecule has 33 heavy (non-hydrogen) atoms. The molecule has 5 N–H and O–H groups in total. The number of fused-ring (bicyclic) bond motifs is 3. The third kappa shape index (κ3) is 4.76. The molecular weight excluding hydrogens is 422 g/mol. The summed E-state index contributed by atoms with van der Waals surface area (Å²) in [4.78, 5) is 16.2. The molecular formula is C25H27N3O5. The van der Waals surface area contributed by atoms with Crippen LogP contribution in [0.15, 0.2) is 60.8 Å². The first kappa shape index (κ1) is 22.6. The molecule has 0 radical (unpaired) electrons. The summed E-state index contributed by atoms with van der Waals surface area (Å²) in [6.45, 7) is 0.344. The van der Waals surface area contributed by atoms with Crippen molar-refractivity contribution in [3.63, 3.8) is 0 Å². The lowest BCUT2D eigenvalue weighted by atomic mass is 9.98. The number of ether oxygens (including phenoxy) is 2. The van der Waals surface area contributed by atoms with E-state index in [0.29, 0.717) is 11.3 Å². The van der Waals surface area contributed by atoms with E-state index in [4.69, 9.17) is 15.2 Å². The van der Waals surface area contributed by atoms with Gasteiger partial charge in [0, 0.05) is 24.2 Å². The van der Waals surface area contributed by atoms with Crippen LogP contribution in [0.1, 0.15) is 35.1 Å². The molecule has 2 unspecified atom stereocenters. The number of nitrogens with zero attached hydrogens (tertiary/aromatic N) is 1. The van der Waals surface area contributed by atoms with E-state index in [-0.39, 0.29) is 31.3 Å². The van der Waals surface area contributed by atoms with Crippen molar-refractivity contribution in [1.29, 1.82) is 0 Å². The third-order valence-electron chi connectivity index (χ3n) is 5.88. The Morgan fingerprint density at radius 2 is 1.76 bits per heavy atom. The fraction of sp³-hybridized carbons (Fsp3) is 0.280. The van der Waals surface area contributed by atoms with E-state index in [1.54, 1.807) is 0 Å². The van der Waals surface area contributed by atoms with Gasteiger partial charge in [-0.15, -0.1) is 0 Å². The first-order valence-corrected chi connectivity index (χ1v) is 10.7. The van der Waals surface area contributed by atoms with Gasteiger partial charge in [0.25, 0.3) is 0 Å². The van der Waals surface area contributed by atoms with Crippen LogP contribution in [0.25, 0.3) is 11.1 Å². The van der Waals surface area contributed by atoms with Crippen LogP contribution in [-0.4, -0.2) is 47.7 Å². The second-order valence-electron chi connectivity index (χ2n) is 7.91. The van der Waals surface area contributed by atoms with Crippen LogP contribution in [0, 0.1) is 0 Å². The molecule has 1 heterocycles. The number of nitrogens with one attached hydrogen (secondary N) is 1. The highest BCUT2D eigenvalue weighted by atomic mass is 16.5. The number of carbonyl (C=O) groups is 1. The number of aliphatic hydroxyl groups excluding tert-OH is 2. The Bertz CT molecular complexity index is 1090. The Morgan fingerprint density at radius 1 is 1.12 bits per heavy atom. The molecule has 0 spiro atoms. The van der Waals surface area contributed by atoms with Crippen molar-refractivity contribution in [3.05, 3.63) is 77.5 Å². The van der Waals surface area contributed by atoms with Crippen LogP contribution in [-0.2, 0) is 4.74 Å². The largest absolute Gasteiger partial charge is 0.493 e. The first-order chi connectivity index (χ1) is 16.0. The van der Waals surface area contributed by atoms with Gasteiger partial charge in [0.2, 0.25) is 0 Å². The first-order valence-electron chi connectivity index (χ1n) is 10.7. The average molecular weight is 450 g/mol. The minimum atomic E-state index is -1.20. The van der Waals surface area contributed by atoms with Crippen LogP contribution in [0.2, 0.25) is 0 Å². The summed E-state index contributed by atoms with van der Waals surface area (Å²) in [5.74, 6) is 0.485. The second kappa shape index (κ2) is 9.89. The Morgan fingerprint density at radius 3 is 2.39 bits per heavy atom. The van der Waals surface area contributed by atoms with Gasteiger partial charge < -0.3 is 30.7 Å². The van der Waals surface area contributed by atoms with Crippen LogP contribution < -0.4 is 15.8 Å². The lowest BCUT2D eigenvalue weighted by Crippen LogP contribution is -2.30. The van der Waals surface area contributed by atoms with Crippen LogP contribution in [0.5, 0.6) is 5.75 Å². The predicted octanol–water partition coefficient (Wildman–Crippen LogP) is 3.00. The zero-order chi connectivity index (χ0) is 23.4. The summed E-state index contributed by atoms with van der Waals surface area (Å²) in [7, 11) is 1.44. The maximum atomic E-state index is 12.2. The molecule has 2 aromatic carbocycles. The number of carbonyl (C=O) groups excluding carboxylic acids is 1. The van der Waals surface area contributed by atoms with Crippen molar-refractivity contribution in [2.24, 2.45) is 0 Å². The van der Waals surface area contributed by atoms with E-state index in [9.17, 15) is 15.0 Å². The molecule has 2 atom stereocenters. The summed E-state index contributed by atoms with van der Waals surface area (Å²) >= 11 is 0. The van der Waals surface area contributed by atoms with Gasteiger partial charge in [0.05, 0.1) is 13.2 Å². The molecule has 8 nitrogen and oxygen atoms in total. The van der Waals surface area contributed by atoms with Crippen LogP contribution in [0.4, 0.5) is 10.6 Å². The third-order valence-corrected chi connectivity index (χ3v) is 5.88. The van der Waals surface area contributed by atoms with Gasteiger partial charge >= 0.3 is 6.09 Å². The molecule has 0 aliphatic heterocycles. The average Bonchev–Trinajstić information content (AvgIpc) is 3.16. The molecule has 1 aromatic heterocycles. The quantitative estimate of drug-likeness (QED) is 0.416. The molecule has 1 amide bonds. The number of benzene rings is 2. The maximum Gasteiger partial charge on any atom is 0.407 e. The van der Waals surface area contributed by atoms with Gasteiger partial charge in [-0.25, -0.2) is 9.78 Å². The highest BCUT2D eigenvalue weighted by molar-refractivity contribution is 5.79. The lowest BCUT2D eigenvalue weighted by Gasteiger charge is -2.19. The topological polar surface area (TPSA) is 127 Å². The van der Waals surface area contributed by atoms with E-state index < -0.39 is 18.3 Å². The molecule has 0 fully saturated rings. The minimum Gasteiger partial charge on any atom is -0.493 e. The summed E-state index contributed by atoms with van der Waals surface area (Å²) in [6, 6.07) is 17.8. The van der Waals surface area contributed by atoms with E-state index in [1.807, 2.05) is 24.3 Å². The Hall–Kier alpha value is -3.62. The molecule has 1 aliphatic rings. The van der Waals surface area contributed by atoms with Gasteiger partial charge in [-0.1, -0.05) is 48.5 Å². The maximum absolute atomic E-state index is 12.2. The summed E-state index contributed by atoms with van der Waals surface area (Å²) < 4.78 is 10.6. The summed E-state index contributed by atoms with van der Waals surface area (Å²) in [5, 5.41) is 23.3. The number of hydrogen-bond donors (Lipinski definition) is 4. The summed E-state index contributed by atoms with van der Waals surface area (Å²) in [6.07, 6.45) is -1.39. The fourth-order valence-electron chi connectivity index (χ4n) is 4.15. The van der Waals surface area contributed by atoms with E-state index in [0.717, 1.165) is 22.3 Å². The Kier molecular flexibility index (Phi) is 6.76. The van der Waals surface area contributed by atoms with E-state index in [2.05, 4.69) is 34.6 Å². The number of aliphatic hydroxyl groups is 2. The number of hydrogen-bond acceptors (Lipinski definition) is 7. The minimum absolute atomic E-state index is 0.0245. The van der Waals surface area contributed by atoms with Gasteiger partial charge in [0.1, 0.15) is 12.7 Å². The summed E-state index contributed by atoms with van der Waals surface area (Å²) in [5.41, 5.74) is 10.6. The molecule has 8 heteroatoms. The number of methoxy groups -OCH3 is 1. The highest BCUT2D eigenvalue weighted by Gasteiger charge is 2.29. The predicted molar refractivity (Wildman–Crippen MR) is 124 cm³/mol. The molecule has 3 aromatic rings. The molecule has 172 valence electrons. The van der Waals surface area contributed by atoms with Crippen LogP contribution in [0.3, 0.4) is 0 Å². The normalized spacial score (nSPS) is 14.2. The van der Waals surface area contributed by atoms with Crippen molar-refractivity contribution in [1.82, 2.24) is 10.3 Å². The number of aromatic nitrogens is 1. The number of nitrogens with two attached hydrogens (primary N) is 1. The van der Waals surface area contributed by atoms with Gasteiger partial charge in [0.15, 0.2) is 11.6 Å². The fourth-order valence-corrected chi connectivity index (χ4v) is 4.15. The van der Waals surface area contributed by atoms with Crippen molar-refractivity contribution >= 4 is 11.9 Å². The van der Waals surface area contributed by atoms with E-state index in [1.165, 1.54) is 19.4 Å². The van der Waals surface area contributed by atoms with Gasteiger partial charge in [-0.2, -0.15) is 0 Å². The van der Waals surface area contributed by atoms with Gasteiger partial charge in [-0.3, -0.25) is 0 Å². The Labute approximate surface area is 192 Å². The highest BCUT2D eigenvalue weighted by Crippen LogP contribution is 2.44. The molecule has 0 saturated heterocycles. The number of nitrogen functional groups attached to an aromatic ring is 1. The van der Waals surface area contributed by atoms with Gasteiger partial charge in [-0.05, 0) is 34.7 Å². The number of pyridine rings is 1. The van der Waals surface area contributed by atoms with Crippen molar-refractivity contribution < 1.29 is 24.5 Å². The zero-order valence-corrected chi connectivity index (χ0v) is 18.3. The number of anilines is 1. The molecule has 1 aliphatic carbocycles. The van der Waals surface area contributed by atoms with Crippen LogP contribution >= 0.6 is 0 Å². The molecule has 4 rings (SSSR count). The smallest absolute Gasteiger partial charge is 0.407 e. The van der Waals surface area contributed by atoms with E-state index >= 15 is 0 Å². The number of alkyl carbamates (subject to hydrolysis) is 1.